The summed E-state index contributed by atoms with van der Waals surface area (Å²) in [6.45, 7) is 5.74. The Morgan fingerprint density at radius 3 is 2.69 bits per heavy atom. The zero-order valence-corrected chi connectivity index (χ0v) is 8.51. The second-order valence-electron chi connectivity index (χ2n) is 3.25. The van der Waals surface area contributed by atoms with E-state index in [4.69, 9.17) is 17.3 Å². The maximum Gasteiger partial charge on any atom is 0.0438 e. The Morgan fingerprint density at radius 2 is 2.15 bits per heavy atom. The number of rotatable bonds is 3. The Balaban J connectivity index is 2.74. The van der Waals surface area contributed by atoms with Gasteiger partial charge in [0, 0.05) is 11.1 Å². The van der Waals surface area contributed by atoms with Crippen LogP contribution in [0.3, 0.4) is 0 Å². The number of nitrogens with two attached hydrogens (primary N) is 1. The molecule has 1 rings (SSSR count). The number of halogens is 1. The number of benzene rings is 1. The van der Waals surface area contributed by atoms with E-state index in [0.29, 0.717) is 0 Å². The maximum absolute atomic E-state index is 5.99. The van der Waals surface area contributed by atoms with E-state index in [0.717, 1.165) is 22.6 Å². The van der Waals surface area contributed by atoms with Crippen molar-refractivity contribution in [2.24, 2.45) is 5.73 Å². The third-order valence-corrected chi connectivity index (χ3v) is 2.40. The fourth-order valence-electron chi connectivity index (χ4n) is 1.08. The summed E-state index contributed by atoms with van der Waals surface area (Å²) in [5.74, 6) is 0. The first-order valence-corrected chi connectivity index (χ1v) is 4.63. The van der Waals surface area contributed by atoms with Gasteiger partial charge < -0.3 is 5.73 Å². The SMILES string of the molecule is C=C(C)C(N)Cc1ccccc1Cl. The monoisotopic (exact) mass is 195 g/mol. The van der Waals surface area contributed by atoms with Gasteiger partial charge in [0.15, 0.2) is 0 Å². The molecule has 0 heterocycles. The van der Waals surface area contributed by atoms with Gasteiger partial charge in [0.2, 0.25) is 0 Å². The molecule has 0 amide bonds. The lowest BCUT2D eigenvalue weighted by atomic mass is 10.0. The first kappa shape index (κ1) is 10.3. The lowest BCUT2D eigenvalue weighted by Crippen LogP contribution is -2.23. The van der Waals surface area contributed by atoms with Crippen LogP contribution in [0.25, 0.3) is 0 Å². The van der Waals surface area contributed by atoms with Gasteiger partial charge in [-0.2, -0.15) is 0 Å². The molecule has 70 valence electrons. The summed E-state index contributed by atoms with van der Waals surface area (Å²) in [6, 6.07) is 7.75. The first-order chi connectivity index (χ1) is 6.11. The topological polar surface area (TPSA) is 26.0 Å². The molecule has 1 nitrogen and oxygen atoms in total. The molecule has 0 fully saturated rings. The molecule has 0 saturated heterocycles. The largest absolute Gasteiger partial charge is 0.324 e. The molecule has 1 atom stereocenters. The molecule has 2 heteroatoms. The van der Waals surface area contributed by atoms with Crippen LogP contribution in [-0.4, -0.2) is 6.04 Å². The van der Waals surface area contributed by atoms with Crippen LogP contribution in [-0.2, 0) is 6.42 Å². The van der Waals surface area contributed by atoms with Gasteiger partial charge in [0.05, 0.1) is 0 Å². The minimum Gasteiger partial charge on any atom is -0.324 e. The van der Waals surface area contributed by atoms with Crippen molar-refractivity contribution < 1.29 is 0 Å². The predicted octanol–water partition coefficient (Wildman–Crippen LogP) is 2.79. The molecule has 0 aliphatic carbocycles. The van der Waals surface area contributed by atoms with E-state index in [2.05, 4.69) is 6.58 Å². The molecule has 0 saturated carbocycles. The Labute approximate surface area is 84.2 Å². The lowest BCUT2D eigenvalue weighted by Gasteiger charge is -2.11. The van der Waals surface area contributed by atoms with Crippen molar-refractivity contribution in [3.05, 3.63) is 47.0 Å². The van der Waals surface area contributed by atoms with Crippen molar-refractivity contribution in [1.82, 2.24) is 0 Å². The Kier molecular flexibility index (Phi) is 3.52. The lowest BCUT2D eigenvalue weighted by molar-refractivity contribution is 0.767. The predicted molar refractivity (Wildman–Crippen MR) is 57.9 cm³/mol. The van der Waals surface area contributed by atoms with Crippen molar-refractivity contribution in [3.63, 3.8) is 0 Å². The fraction of sp³-hybridized carbons (Fsp3) is 0.273. The molecule has 1 aromatic rings. The molecular formula is C11H14ClN. The Hall–Kier alpha value is -0.790. The summed E-state index contributed by atoms with van der Waals surface area (Å²) < 4.78 is 0. The minimum atomic E-state index is -0.0000926. The molecular weight excluding hydrogens is 182 g/mol. The standard InChI is InChI=1S/C11H14ClN/c1-8(2)11(13)7-9-5-3-4-6-10(9)12/h3-6,11H,1,7,13H2,2H3. The normalized spacial score (nSPS) is 12.5. The Bertz CT molecular complexity index is 307. The highest BCUT2D eigenvalue weighted by molar-refractivity contribution is 6.31. The summed E-state index contributed by atoms with van der Waals surface area (Å²) in [6.07, 6.45) is 0.759. The van der Waals surface area contributed by atoms with Gasteiger partial charge in [-0.3, -0.25) is 0 Å². The van der Waals surface area contributed by atoms with E-state index < -0.39 is 0 Å². The van der Waals surface area contributed by atoms with E-state index in [1.807, 2.05) is 31.2 Å². The highest BCUT2D eigenvalue weighted by atomic mass is 35.5. The van der Waals surface area contributed by atoms with Gasteiger partial charge in [0.25, 0.3) is 0 Å². The van der Waals surface area contributed by atoms with Gasteiger partial charge in [-0.1, -0.05) is 42.0 Å². The van der Waals surface area contributed by atoms with Gasteiger partial charge in [-0.15, -0.1) is 0 Å². The Morgan fingerprint density at radius 1 is 1.54 bits per heavy atom. The molecule has 2 N–H and O–H groups in total. The van der Waals surface area contributed by atoms with Gasteiger partial charge in [0.1, 0.15) is 0 Å². The minimum absolute atomic E-state index is 0.0000926. The zero-order valence-electron chi connectivity index (χ0n) is 7.76. The van der Waals surface area contributed by atoms with E-state index in [-0.39, 0.29) is 6.04 Å². The number of hydrogen-bond acceptors (Lipinski definition) is 1. The molecule has 0 radical (unpaired) electrons. The molecule has 0 aliphatic heterocycles. The highest BCUT2D eigenvalue weighted by Crippen LogP contribution is 2.17. The highest BCUT2D eigenvalue weighted by Gasteiger charge is 2.06. The molecule has 1 unspecified atom stereocenters. The van der Waals surface area contributed by atoms with E-state index in [1.165, 1.54) is 0 Å². The van der Waals surface area contributed by atoms with Crippen molar-refractivity contribution in [1.29, 1.82) is 0 Å². The fourth-order valence-corrected chi connectivity index (χ4v) is 1.29. The summed E-state index contributed by atoms with van der Waals surface area (Å²) in [7, 11) is 0. The average molecular weight is 196 g/mol. The molecule has 0 aromatic heterocycles. The first-order valence-electron chi connectivity index (χ1n) is 4.25. The molecule has 0 aliphatic rings. The molecule has 0 spiro atoms. The van der Waals surface area contributed by atoms with E-state index in [9.17, 15) is 0 Å². The maximum atomic E-state index is 5.99. The third-order valence-electron chi connectivity index (χ3n) is 2.03. The second-order valence-corrected chi connectivity index (χ2v) is 3.66. The van der Waals surface area contributed by atoms with Crippen LogP contribution < -0.4 is 5.73 Å². The van der Waals surface area contributed by atoms with Crippen LogP contribution >= 0.6 is 11.6 Å². The van der Waals surface area contributed by atoms with Crippen molar-refractivity contribution in [2.45, 2.75) is 19.4 Å². The summed E-state index contributed by atoms with van der Waals surface area (Å²) in [5, 5.41) is 0.777. The van der Waals surface area contributed by atoms with Gasteiger partial charge >= 0.3 is 0 Å². The molecule has 13 heavy (non-hydrogen) atoms. The van der Waals surface area contributed by atoms with E-state index >= 15 is 0 Å². The molecule has 1 aromatic carbocycles. The number of hydrogen-bond donors (Lipinski definition) is 1. The second kappa shape index (κ2) is 4.45. The van der Waals surface area contributed by atoms with Crippen LogP contribution in [0.2, 0.25) is 5.02 Å². The van der Waals surface area contributed by atoms with Crippen LogP contribution in [0.15, 0.2) is 36.4 Å². The molecule has 0 bridgehead atoms. The third kappa shape index (κ3) is 2.87. The van der Waals surface area contributed by atoms with E-state index in [1.54, 1.807) is 0 Å². The van der Waals surface area contributed by atoms with Crippen molar-refractivity contribution >= 4 is 11.6 Å². The van der Waals surface area contributed by atoms with Gasteiger partial charge in [-0.25, -0.2) is 0 Å². The quantitative estimate of drug-likeness (QED) is 0.738. The van der Waals surface area contributed by atoms with Crippen LogP contribution in [0.5, 0.6) is 0 Å². The van der Waals surface area contributed by atoms with Crippen molar-refractivity contribution in [2.75, 3.05) is 0 Å². The van der Waals surface area contributed by atoms with Crippen LogP contribution in [0.4, 0.5) is 0 Å². The van der Waals surface area contributed by atoms with Crippen LogP contribution in [0.1, 0.15) is 12.5 Å². The summed E-state index contributed by atoms with van der Waals surface area (Å²) in [5.41, 5.74) is 7.93. The van der Waals surface area contributed by atoms with Crippen molar-refractivity contribution in [3.8, 4) is 0 Å². The smallest absolute Gasteiger partial charge is 0.0438 e. The van der Waals surface area contributed by atoms with Crippen LogP contribution in [0, 0.1) is 0 Å². The van der Waals surface area contributed by atoms with Gasteiger partial charge in [-0.05, 0) is 25.0 Å². The summed E-state index contributed by atoms with van der Waals surface area (Å²) >= 11 is 5.99. The summed E-state index contributed by atoms with van der Waals surface area (Å²) in [4.78, 5) is 0. The average Bonchev–Trinajstić information content (AvgIpc) is 2.08. The zero-order chi connectivity index (χ0) is 9.84.